The molecule has 0 aliphatic rings. The molecular weight excluding hydrogens is 310 g/mol. The van der Waals surface area contributed by atoms with E-state index in [0.29, 0.717) is 5.02 Å². The average molecular weight is 324 g/mol. The summed E-state index contributed by atoms with van der Waals surface area (Å²) in [6.07, 6.45) is 0.520. The molecule has 0 aliphatic heterocycles. The van der Waals surface area contributed by atoms with Gasteiger partial charge in [0.1, 0.15) is 11.2 Å². The number of esters is 1. The van der Waals surface area contributed by atoms with Gasteiger partial charge in [0.05, 0.1) is 5.02 Å². The van der Waals surface area contributed by atoms with Crippen molar-refractivity contribution < 1.29 is 14.3 Å². The Labute approximate surface area is 126 Å². The van der Waals surface area contributed by atoms with Crippen LogP contribution in [0.2, 0.25) is 10.0 Å². The predicted octanol–water partition coefficient (Wildman–Crippen LogP) is 4.47. The SMILES string of the molecule is CCC(CC)(C(=O)Cl)C(=O)Oc1ccc(Cl)cc1Cl. The molecule has 0 saturated heterocycles. The highest BCUT2D eigenvalue weighted by Crippen LogP contribution is 2.34. The molecule has 0 unspecified atom stereocenters. The molecule has 19 heavy (non-hydrogen) atoms. The number of hydrogen-bond donors (Lipinski definition) is 0. The van der Waals surface area contributed by atoms with Crippen LogP contribution in [0, 0.1) is 5.41 Å². The van der Waals surface area contributed by atoms with Gasteiger partial charge in [0.25, 0.3) is 0 Å². The van der Waals surface area contributed by atoms with Crippen molar-refractivity contribution in [3.63, 3.8) is 0 Å². The van der Waals surface area contributed by atoms with Gasteiger partial charge in [-0.15, -0.1) is 0 Å². The van der Waals surface area contributed by atoms with Crippen LogP contribution in [0.1, 0.15) is 26.7 Å². The molecule has 0 atom stereocenters. The minimum Gasteiger partial charge on any atom is -0.424 e. The van der Waals surface area contributed by atoms with E-state index in [0.717, 1.165) is 0 Å². The molecule has 0 fully saturated rings. The van der Waals surface area contributed by atoms with E-state index in [-0.39, 0.29) is 23.6 Å². The minimum absolute atomic E-state index is 0.153. The van der Waals surface area contributed by atoms with Crippen molar-refractivity contribution in [2.45, 2.75) is 26.7 Å². The normalized spacial score (nSPS) is 11.2. The second kappa shape index (κ2) is 6.60. The van der Waals surface area contributed by atoms with E-state index in [4.69, 9.17) is 39.5 Å². The molecule has 1 aromatic carbocycles. The van der Waals surface area contributed by atoms with Gasteiger partial charge in [-0.2, -0.15) is 0 Å². The number of hydrogen-bond acceptors (Lipinski definition) is 3. The lowest BCUT2D eigenvalue weighted by Gasteiger charge is -2.24. The third-order valence-corrected chi connectivity index (χ3v) is 3.96. The standard InChI is InChI=1S/C13H13Cl3O3/c1-3-13(4-2,11(16)17)12(18)19-10-6-5-8(14)7-9(10)15/h5-7H,3-4H2,1-2H3. The maximum atomic E-state index is 12.2. The van der Waals surface area contributed by atoms with E-state index in [1.54, 1.807) is 13.8 Å². The summed E-state index contributed by atoms with van der Waals surface area (Å²) < 4.78 is 5.17. The number of carbonyl (C=O) groups is 2. The fourth-order valence-corrected chi connectivity index (χ4v) is 2.44. The van der Waals surface area contributed by atoms with E-state index in [1.807, 2.05) is 0 Å². The van der Waals surface area contributed by atoms with Gasteiger partial charge >= 0.3 is 5.97 Å². The molecule has 6 heteroatoms. The summed E-state index contributed by atoms with van der Waals surface area (Å²) in [7, 11) is 0. The Kier molecular flexibility index (Phi) is 5.65. The largest absolute Gasteiger partial charge is 0.424 e. The zero-order chi connectivity index (χ0) is 14.6. The summed E-state index contributed by atoms with van der Waals surface area (Å²) in [6.45, 7) is 3.41. The first-order valence-corrected chi connectivity index (χ1v) is 6.88. The molecule has 0 bridgehead atoms. The number of benzene rings is 1. The Morgan fingerprint density at radius 3 is 2.21 bits per heavy atom. The van der Waals surface area contributed by atoms with E-state index in [9.17, 15) is 9.59 Å². The Morgan fingerprint density at radius 1 is 1.21 bits per heavy atom. The molecule has 0 N–H and O–H groups in total. The van der Waals surface area contributed by atoms with Gasteiger partial charge < -0.3 is 4.74 Å². The molecular formula is C13H13Cl3O3. The molecule has 104 valence electrons. The lowest BCUT2D eigenvalue weighted by Crippen LogP contribution is -2.39. The molecule has 3 nitrogen and oxygen atoms in total. The van der Waals surface area contributed by atoms with Crippen molar-refractivity contribution in [1.82, 2.24) is 0 Å². The fourth-order valence-electron chi connectivity index (χ4n) is 1.65. The van der Waals surface area contributed by atoms with Gasteiger partial charge in [-0.1, -0.05) is 37.0 Å². The van der Waals surface area contributed by atoms with Gasteiger partial charge in [-0.05, 0) is 42.6 Å². The Bertz CT molecular complexity index is 496. The first-order valence-electron chi connectivity index (χ1n) is 5.74. The van der Waals surface area contributed by atoms with Crippen LogP contribution in [0.25, 0.3) is 0 Å². The lowest BCUT2D eigenvalue weighted by molar-refractivity contribution is -0.150. The Balaban J connectivity index is 3.03. The fraction of sp³-hybridized carbons (Fsp3) is 0.385. The quantitative estimate of drug-likeness (QED) is 0.347. The second-order valence-corrected chi connectivity index (χ2v) is 5.21. The molecule has 0 aliphatic carbocycles. The van der Waals surface area contributed by atoms with Crippen LogP contribution < -0.4 is 4.74 Å². The van der Waals surface area contributed by atoms with Crippen LogP contribution in [0.3, 0.4) is 0 Å². The molecule has 1 rings (SSSR count). The monoisotopic (exact) mass is 322 g/mol. The van der Waals surface area contributed by atoms with Crippen molar-refractivity contribution in [2.24, 2.45) is 5.41 Å². The van der Waals surface area contributed by atoms with E-state index >= 15 is 0 Å². The summed E-state index contributed by atoms with van der Waals surface area (Å²) in [5.41, 5.74) is -1.34. The molecule has 0 spiro atoms. The second-order valence-electron chi connectivity index (χ2n) is 4.03. The topological polar surface area (TPSA) is 43.4 Å². The smallest absolute Gasteiger partial charge is 0.326 e. The maximum Gasteiger partial charge on any atom is 0.326 e. The van der Waals surface area contributed by atoms with Gasteiger partial charge in [0, 0.05) is 5.02 Å². The summed E-state index contributed by atoms with van der Waals surface area (Å²) in [6, 6.07) is 4.46. The third kappa shape index (κ3) is 3.41. The molecule has 0 radical (unpaired) electrons. The predicted molar refractivity (Wildman–Crippen MR) is 76.0 cm³/mol. The van der Waals surface area contributed by atoms with Crippen molar-refractivity contribution in [2.75, 3.05) is 0 Å². The summed E-state index contributed by atoms with van der Waals surface area (Å²) >= 11 is 17.2. The van der Waals surface area contributed by atoms with Gasteiger partial charge in [-0.3, -0.25) is 9.59 Å². The summed E-state index contributed by atoms with van der Waals surface area (Å²) in [4.78, 5) is 23.7. The molecule has 0 heterocycles. The van der Waals surface area contributed by atoms with Crippen LogP contribution in [-0.2, 0) is 9.59 Å². The molecule has 0 saturated carbocycles. The maximum absolute atomic E-state index is 12.2. The zero-order valence-electron chi connectivity index (χ0n) is 10.5. The van der Waals surface area contributed by atoms with E-state index in [2.05, 4.69) is 0 Å². The van der Waals surface area contributed by atoms with Gasteiger partial charge in [0.2, 0.25) is 5.24 Å². The first-order chi connectivity index (χ1) is 8.87. The molecule has 0 aromatic heterocycles. The Morgan fingerprint density at radius 2 is 1.79 bits per heavy atom. The minimum atomic E-state index is -1.34. The number of rotatable bonds is 5. The van der Waals surface area contributed by atoms with Crippen molar-refractivity contribution >= 4 is 46.0 Å². The first kappa shape index (κ1) is 16.3. The average Bonchev–Trinajstić information content (AvgIpc) is 2.34. The third-order valence-electron chi connectivity index (χ3n) is 3.07. The van der Waals surface area contributed by atoms with E-state index < -0.39 is 16.6 Å². The number of carbonyl (C=O) groups excluding carboxylic acids is 2. The van der Waals surface area contributed by atoms with Crippen LogP contribution in [0.5, 0.6) is 5.75 Å². The number of halogens is 3. The van der Waals surface area contributed by atoms with Crippen molar-refractivity contribution in [3.8, 4) is 5.75 Å². The van der Waals surface area contributed by atoms with Crippen LogP contribution in [0.15, 0.2) is 18.2 Å². The van der Waals surface area contributed by atoms with Crippen LogP contribution in [-0.4, -0.2) is 11.2 Å². The van der Waals surface area contributed by atoms with Crippen molar-refractivity contribution in [3.05, 3.63) is 28.2 Å². The summed E-state index contributed by atoms with van der Waals surface area (Å²) in [5, 5.41) is -0.105. The molecule has 0 amide bonds. The Hall–Kier alpha value is -0.770. The van der Waals surface area contributed by atoms with E-state index in [1.165, 1.54) is 18.2 Å². The molecule has 1 aromatic rings. The zero-order valence-corrected chi connectivity index (χ0v) is 12.8. The lowest BCUT2D eigenvalue weighted by atomic mass is 9.84. The highest BCUT2D eigenvalue weighted by Gasteiger charge is 2.43. The van der Waals surface area contributed by atoms with Crippen LogP contribution in [0.4, 0.5) is 0 Å². The van der Waals surface area contributed by atoms with Gasteiger partial charge in [0.15, 0.2) is 0 Å². The summed E-state index contributed by atoms with van der Waals surface area (Å²) in [5.74, 6) is -0.554. The van der Waals surface area contributed by atoms with Gasteiger partial charge in [-0.25, -0.2) is 0 Å². The number of ether oxygens (including phenoxy) is 1. The highest BCUT2D eigenvalue weighted by molar-refractivity contribution is 6.66. The highest BCUT2D eigenvalue weighted by atomic mass is 35.5. The van der Waals surface area contributed by atoms with Crippen LogP contribution >= 0.6 is 34.8 Å². The van der Waals surface area contributed by atoms with Crippen molar-refractivity contribution in [1.29, 1.82) is 0 Å².